The summed E-state index contributed by atoms with van der Waals surface area (Å²) in [4.78, 5) is 21.5. The monoisotopic (exact) mass is 542 g/mol. The first-order chi connectivity index (χ1) is 18.5. The Morgan fingerprint density at radius 2 is 1.92 bits per heavy atom. The zero-order chi connectivity index (χ0) is 28.1. The van der Waals surface area contributed by atoms with Crippen LogP contribution in [0.2, 0.25) is 0 Å². The molecule has 1 aliphatic rings. The third kappa shape index (κ3) is 4.82. The number of aliphatic hydroxyl groups excluding tert-OH is 2. The molecule has 0 saturated carbocycles. The third-order valence-electron chi connectivity index (χ3n) is 6.74. The Morgan fingerprint density at radius 1 is 1.18 bits per heavy atom. The Labute approximate surface area is 220 Å². The number of halogens is 3. The smallest absolute Gasteiger partial charge is 0.433 e. The van der Waals surface area contributed by atoms with Gasteiger partial charge in [-0.3, -0.25) is 4.79 Å². The van der Waals surface area contributed by atoms with Gasteiger partial charge < -0.3 is 30.4 Å². The van der Waals surface area contributed by atoms with Gasteiger partial charge in [0.05, 0.1) is 31.4 Å². The van der Waals surface area contributed by atoms with Crippen molar-refractivity contribution in [2.45, 2.75) is 43.8 Å². The van der Waals surface area contributed by atoms with Gasteiger partial charge >= 0.3 is 6.18 Å². The van der Waals surface area contributed by atoms with Gasteiger partial charge in [0, 0.05) is 17.4 Å². The van der Waals surface area contributed by atoms with Crippen LogP contribution in [0, 0.1) is 0 Å². The van der Waals surface area contributed by atoms with Crippen LogP contribution < -0.4 is 15.8 Å². The van der Waals surface area contributed by atoms with Gasteiger partial charge in [-0.05, 0) is 42.3 Å². The molecule has 0 spiro atoms. The fourth-order valence-corrected chi connectivity index (χ4v) is 4.71. The molecule has 4 atom stereocenters. The maximum absolute atomic E-state index is 13.4. The minimum Gasteiger partial charge on any atom is -0.494 e. The van der Waals surface area contributed by atoms with Gasteiger partial charge in [-0.2, -0.15) is 13.2 Å². The number of aliphatic hydroxyl groups is 2. The fourth-order valence-electron chi connectivity index (χ4n) is 4.71. The molecule has 0 aliphatic heterocycles. The molecule has 0 unspecified atom stereocenters. The molecular formula is C27H25F3N4O5. The van der Waals surface area contributed by atoms with Crippen LogP contribution in [-0.4, -0.2) is 45.4 Å². The predicted octanol–water partition coefficient (Wildman–Crippen LogP) is 3.69. The van der Waals surface area contributed by atoms with E-state index in [9.17, 15) is 28.2 Å². The lowest BCUT2D eigenvalue weighted by atomic mass is 10.1. The van der Waals surface area contributed by atoms with Crippen molar-refractivity contribution in [3.05, 3.63) is 76.8 Å². The zero-order valence-corrected chi connectivity index (χ0v) is 20.9. The number of hydrogen-bond acceptors (Lipinski definition) is 8. The van der Waals surface area contributed by atoms with Gasteiger partial charge in [0.2, 0.25) is 5.89 Å². The average molecular weight is 543 g/mol. The van der Waals surface area contributed by atoms with Crippen molar-refractivity contribution in [1.29, 1.82) is 0 Å². The Hall–Kier alpha value is -4.00. The number of rotatable bonds is 6. The molecule has 1 aliphatic carbocycles. The SMILES string of the molecule is COc1ccc(-c2nc(C(=O)N[C@@H]3c4ccccc4C[C@@H]3O)c([C@@H](N)[C@@H](C)O)o2)c2ccc(C(F)(F)F)nc12. The van der Waals surface area contributed by atoms with Crippen molar-refractivity contribution in [1.82, 2.24) is 15.3 Å². The van der Waals surface area contributed by atoms with Crippen LogP contribution in [0.3, 0.4) is 0 Å². The maximum atomic E-state index is 13.4. The summed E-state index contributed by atoms with van der Waals surface area (Å²) in [5, 5.41) is 23.7. The molecule has 5 rings (SSSR count). The lowest BCUT2D eigenvalue weighted by molar-refractivity contribution is -0.140. The number of fused-ring (bicyclic) bond motifs is 2. The summed E-state index contributed by atoms with van der Waals surface area (Å²) in [7, 11) is 1.30. The van der Waals surface area contributed by atoms with Crippen LogP contribution in [0.5, 0.6) is 5.75 Å². The lowest BCUT2D eigenvalue weighted by Gasteiger charge is -2.18. The molecule has 4 aromatic rings. The van der Waals surface area contributed by atoms with E-state index < -0.39 is 42.1 Å². The van der Waals surface area contributed by atoms with Crippen LogP contribution in [-0.2, 0) is 12.6 Å². The molecule has 0 radical (unpaired) electrons. The molecule has 2 heterocycles. The molecule has 12 heteroatoms. The van der Waals surface area contributed by atoms with Gasteiger partial charge in [-0.25, -0.2) is 9.97 Å². The molecule has 0 fully saturated rings. The van der Waals surface area contributed by atoms with Gasteiger partial charge in [0.15, 0.2) is 11.5 Å². The standard InChI is InChI=1S/C27H25F3N4O5/c1-12(35)20(31)24-23(25(37)33-21-14-6-4-3-5-13(14)11-17(21)36)34-26(39-24)16-7-9-18(38-2)22-15(16)8-10-19(32-22)27(28,29)30/h3-10,12,17,20-21,35-36H,11,31H2,1-2H3,(H,33,37)/t12-,17+,20+,21-/m1/s1. The number of nitrogens with zero attached hydrogens (tertiary/aromatic N) is 2. The Balaban J connectivity index is 1.59. The van der Waals surface area contributed by atoms with Crippen LogP contribution in [0.25, 0.3) is 22.4 Å². The molecule has 0 saturated heterocycles. The summed E-state index contributed by atoms with van der Waals surface area (Å²) < 4.78 is 51.1. The largest absolute Gasteiger partial charge is 0.494 e. The van der Waals surface area contributed by atoms with E-state index in [1.54, 1.807) is 12.1 Å². The molecular weight excluding hydrogens is 517 g/mol. The highest BCUT2D eigenvalue weighted by Crippen LogP contribution is 2.38. The Bertz CT molecular complexity index is 1550. The Morgan fingerprint density at radius 3 is 2.62 bits per heavy atom. The van der Waals surface area contributed by atoms with Crippen molar-refractivity contribution < 1.29 is 37.3 Å². The number of methoxy groups -OCH3 is 1. The van der Waals surface area contributed by atoms with E-state index in [4.69, 9.17) is 14.9 Å². The fraction of sp³-hybridized carbons (Fsp3) is 0.296. The average Bonchev–Trinajstić information content (AvgIpc) is 3.48. The summed E-state index contributed by atoms with van der Waals surface area (Å²) in [5.41, 5.74) is 6.61. The van der Waals surface area contributed by atoms with Crippen molar-refractivity contribution in [2.75, 3.05) is 7.11 Å². The second-order valence-electron chi connectivity index (χ2n) is 9.33. The second-order valence-corrected chi connectivity index (χ2v) is 9.33. The summed E-state index contributed by atoms with van der Waals surface area (Å²) in [6.07, 6.45) is -6.31. The maximum Gasteiger partial charge on any atom is 0.433 e. The normalized spacial score (nSPS) is 18.6. The highest BCUT2D eigenvalue weighted by atomic mass is 19.4. The van der Waals surface area contributed by atoms with Gasteiger partial charge in [-0.15, -0.1) is 0 Å². The summed E-state index contributed by atoms with van der Waals surface area (Å²) in [6, 6.07) is 10.4. The summed E-state index contributed by atoms with van der Waals surface area (Å²) >= 11 is 0. The predicted molar refractivity (Wildman–Crippen MR) is 134 cm³/mol. The molecule has 5 N–H and O–H groups in total. The van der Waals surface area contributed by atoms with Crippen molar-refractivity contribution in [3.8, 4) is 17.2 Å². The second kappa shape index (κ2) is 9.95. The number of carbonyl (C=O) groups excluding carboxylic acids is 1. The van der Waals surface area contributed by atoms with E-state index in [0.717, 1.165) is 17.2 Å². The van der Waals surface area contributed by atoms with Crippen LogP contribution in [0.4, 0.5) is 13.2 Å². The molecule has 2 aromatic carbocycles. The van der Waals surface area contributed by atoms with E-state index in [1.807, 2.05) is 12.1 Å². The number of aromatic nitrogens is 2. The van der Waals surface area contributed by atoms with Gasteiger partial charge in [0.25, 0.3) is 5.91 Å². The number of oxazole rings is 1. The number of nitrogens with two attached hydrogens (primary N) is 1. The quantitative estimate of drug-likeness (QED) is 0.289. The topological polar surface area (TPSA) is 144 Å². The number of ether oxygens (including phenoxy) is 1. The third-order valence-corrected chi connectivity index (χ3v) is 6.74. The highest BCUT2D eigenvalue weighted by molar-refractivity contribution is 5.98. The minimum atomic E-state index is -4.68. The molecule has 39 heavy (non-hydrogen) atoms. The van der Waals surface area contributed by atoms with Crippen LogP contribution in [0.1, 0.15) is 52.1 Å². The number of nitrogens with one attached hydrogen (secondary N) is 1. The molecule has 0 bridgehead atoms. The first kappa shape index (κ1) is 26.6. The van der Waals surface area contributed by atoms with Crippen molar-refractivity contribution >= 4 is 16.8 Å². The van der Waals surface area contributed by atoms with Crippen LogP contribution >= 0.6 is 0 Å². The number of alkyl halides is 3. The van der Waals surface area contributed by atoms with E-state index >= 15 is 0 Å². The number of benzene rings is 2. The van der Waals surface area contributed by atoms with Gasteiger partial charge in [0.1, 0.15) is 17.0 Å². The minimum absolute atomic E-state index is 0.0823. The summed E-state index contributed by atoms with van der Waals surface area (Å²) in [6.45, 7) is 1.41. The highest BCUT2D eigenvalue weighted by Gasteiger charge is 2.36. The van der Waals surface area contributed by atoms with Crippen molar-refractivity contribution in [3.63, 3.8) is 0 Å². The van der Waals surface area contributed by atoms with Crippen molar-refractivity contribution in [2.24, 2.45) is 5.73 Å². The lowest BCUT2D eigenvalue weighted by Crippen LogP contribution is -2.35. The number of carbonyl (C=O) groups is 1. The number of pyridine rings is 1. The Kier molecular flexibility index (Phi) is 6.79. The first-order valence-electron chi connectivity index (χ1n) is 12.1. The molecule has 204 valence electrons. The number of hydrogen-bond donors (Lipinski definition) is 4. The van der Waals surface area contributed by atoms with Crippen LogP contribution in [0.15, 0.2) is 52.9 Å². The molecule has 9 nitrogen and oxygen atoms in total. The summed E-state index contributed by atoms with van der Waals surface area (Å²) in [5.74, 6) is -0.846. The van der Waals surface area contributed by atoms with E-state index in [0.29, 0.717) is 6.42 Å². The van der Waals surface area contributed by atoms with E-state index in [2.05, 4.69) is 15.3 Å². The van der Waals surface area contributed by atoms with E-state index in [-0.39, 0.29) is 39.6 Å². The first-order valence-corrected chi connectivity index (χ1v) is 12.1. The number of amides is 1. The van der Waals surface area contributed by atoms with Gasteiger partial charge in [-0.1, -0.05) is 24.3 Å². The zero-order valence-electron chi connectivity index (χ0n) is 20.9. The van der Waals surface area contributed by atoms with E-state index in [1.165, 1.54) is 32.2 Å². The molecule has 1 amide bonds. The molecule has 2 aromatic heterocycles.